The summed E-state index contributed by atoms with van der Waals surface area (Å²) in [5.74, 6) is 0.497. The number of hydrogen-bond donors (Lipinski definition) is 5. The third-order valence-corrected chi connectivity index (χ3v) is 4.17. The number of hydroxylamine groups is 1. The summed E-state index contributed by atoms with van der Waals surface area (Å²) < 4.78 is 1.43. The van der Waals surface area contributed by atoms with Gasteiger partial charge in [-0.05, 0) is 50.4 Å². The van der Waals surface area contributed by atoms with E-state index in [1.807, 2.05) is 20.8 Å². The standard InChI is InChI=1S/C20H24N6O4/c1-20(2,3)24-17-16-12(5-7-26(8-9-27)19(16)29)10-15(23-17)22-14-11-13(4-6-21-14)18(28)25-30/h4-7,10-11,27,30H,8-9H2,1-3H3,(H,25,28)(H2,21,22,23,24). The molecule has 0 radical (unpaired) electrons. The molecule has 3 aromatic heterocycles. The average Bonchev–Trinajstić information content (AvgIpc) is 2.68. The fourth-order valence-corrected chi connectivity index (χ4v) is 2.93. The van der Waals surface area contributed by atoms with Crippen LogP contribution < -0.4 is 21.7 Å². The fourth-order valence-electron chi connectivity index (χ4n) is 2.93. The highest BCUT2D eigenvalue weighted by molar-refractivity contribution is 5.95. The van der Waals surface area contributed by atoms with Crippen molar-refractivity contribution in [3.05, 3.63) is 52.6 Å². The van der Waals surface area contributed by atoms with Gasteiger partial charge < -0.3 is 20.3 Å². The monoisotopic (exact) mass is 412 g/mol. The van der Waals surface area contributed by atoms with Gasteiger partial charge in [0.25, 0.3) is 11.5 Å². The van der Waals surface area contributed by atoms with Gasteiger partial charge in [0.05, 0.1) is 12.0 Å². The molecule has 0 aromatic carbocycles. The number of nitrogens with one attached hydrogen (secondary N) is 3. The molecule has 0 fully saturated rings. The van der Waals surface area contributed by atoms with E-state index >= 15 is 0 Å². The van der Waals surface area contributed by atoms with Crippen LogP contribution in [-0.4, -0.2) is 42.9 Å². The van der Waals surface area contributed by atoms with Crippen molar-refractivity contribution in [3.8, 4) is 0 Å². The predicted octanol–water partition coefficient (Wildman–Crippen LogP) is 1.86. The van der Waals surface area contributed by atoms with Crippen LogP contribution in [0, 0.1) is 0 Å². The molecule has 10 nitrogen and oxygen atoms in total. The van der Waals surface area contributed by atoms with Gasteiger partial charge in [-0.1, -0.05) is 0 Å². The van der Waals surface area contributed by atoms with Crippen molar-refractivity contribution in [2.75, 3.05) is 17.2 Å². The number of aliphatic hydroxyl groups excluding tert-OH is 1. The van der Waals surface area contributed by atoms with Crippen LogP contribution in [0.4, 0.5) is 17.5 Å². The van der Waals surface area contributed by atoms with Crippen molar-refractivity contribution >= 4 is 34.1 Å². The Morgan fingerprint density at radius 1 is 1.20 bits per heavy atom. The maximum atomic E-state index is 12.9. The van der Waals surface area contributed by atoms with E-state index in [0.717, 1.165) is 0 Å². The maximum Gasteiger partial charge on any atom is 0.274 e. The fraction of sp³-hybridized carbons (Fsp3) is 0.300. The van der Waals surface area contributed by atoms with Gasteiger partial charge in [0.2, 0.25) is 0 Å². The van der Waals surface area contributed by atoms with Crippen molar-refractivity contribution in [2.45, 2.75) is 32.9 Å². The molecule has 158 valence electrons. The minimum absolute atomic E-state index is 0.149. The van der Waals surface area contributed by atoms with Crippen molar-refractivity contribution in [1.82, 2.24) is 20.0 Å². The highest BCUT2D eigenvalue weighted by Crippen LogP contribution is 2.26. The number of pyridine rings is 3. The van der Waals surface area contributed by atoms with Crippen molar-refractivity contribution < 1.29 is 15.1 Å². The number of fused-ring (bicyclic) bond motifs is 1. The third-order valence-electron chi connectivity index (χ3n) is 4.17. The Balaban J connectivity index is 2.09. The molecule has 5 N–H and O–H groups in total. The Morgan fingerprint density at radius 2 is 1.97 bits per heavy atom. The number of hydrogen-bond acceptors (Lipinski definition) is 8. The molecule has 3 heterocycles. The molecule has 0 bridgehead atoms. The molecule has 10 heteroatoms. The van der Waals surface area contributed by atoms with Crippen molar-refractivity contribution in [3.63, 3.8) is 0 Å². The van der Waals surface area contributed by atoms with E-state index in [4.69, 9.17) is 5.21 Å². The summed E-state index contributed by atoms with van der Waals surface area (Å²) in [5, 5.41) is 25.4. The van der Waals surface area contributed by atoms with Gasteiger partial charge in [-0.3, -0.25) is 14.8 Å². The van der Waals surface area contributed by atoms with Crippen LogP contribution in [0.5, 0.6) is 0 Å². The Bertz CT molecular complexity index is 1140. The molecule has 0 atom stereocenters. The summed E-state index contributed by atoms with van der Waals surface area (Å²) in [7, 11) is 0. The van der Waals surface area contributed by atoms with E-state index in [2.05, 4.69) is 20.6 Å². The van der Waals surface area contributed by atoms with Gasteiger partial charge >= 0.3 is 0 Å². The number of aromatic nitrogens is 3. The quantitative estimate of drug-likeness (QED) is 0.305. The molecule has 0 saturated carbocycles. The first kappa shape index (κ1) is 21.2. The van der Waals surface area contributed by atoms with Gasteiger partial charge in [0, 0.05) is 30.0 Å². The first-order valence-electron chi connectivity index (χ1n) is 9.32. The van der Waals surface area contributed by atoms with Crippen molar-refractivity contribution in [2.24, 2.45) is 0 Å². The SMILES string of the molecule is CC(C)(C)Nc1nc(Nc2cc(C(=O)NO)ccn2)cc2ccn(CCO)c(=O)c12. The smallest absolute Gasteiger partial charge is 0.274 e. The largest absolute Gasteiger partial charge is 0.395 e. The summed E-state index contributed by atoms with van der Waals surface area (Å²) >= 11 is 0. The Morgan fingerprint density at radius 3 is 2.63 bits per heavy atom. The minimum atomic E-state index is -0.661. The summed E-state index contributed by atoms with van der Waals surface area (Å²) in [6, 6.07) is 6.40. The summed E-state index contributed by atoms with van der Waals surface area (Å²) in [4.78, 5) is 33.3. The zero-order valence-electron chi connectivity index (χ0n) is 16.9. The molecule has 0 aliphatic heterocycles. The average molecular weight is 412 g/mol. The molecule has 0 saturated heterocycles. The van der Waals surface area contributed by atoms with Gasteiger partial charge in [0.15, 0.2) is 0 Å². The van der Waals surface area contributed by atoms with Crippen LogP contribution in [0.25, 0.3) is 10.8 Å². The number of carbonyl (C=O) groups excluding carboxylic acids is 1. The molecule has 0 aliphatic carbocycles. The number of anilines is 3. The lowest BCUT2D eigenvalue weighted by atomic mass is 10.1. The highest BCUT2D eigenvalue weighted by Gasteiger charge is 2.17. The number of nitrogens with zero attached hydrogens (tertiary/aromatic N) is 3. The molecule has 1 amide bonds. The highest BCUT2D eigenvalue weighted by atomic mass is 16.5. The molecular formula is C20H24N6O4. The second kappa shape index (κ2) is 8.47. The van der Waals surface area contributed by atoms with E-state index in [9.17, 15) is 14.7 Å². The molecular weight excluding hydrogens is 388 g/mol. The molecule has 0 unspecified atom stereocenters. The van der Waals surface area contributed by atoms with Crippen LogP contribution >= 0.6 is 0 Å². The molecule has 3 rings (SSSR count). The first-order valence-corrected chi connectivity index (χ1v) is 9.32. The second-order valence-corrected chi connectivity index (χ2v) is 7.73. The van der Waals surface area contributed by atoms with Crippen LogP contribution in [0.2, 0.25) is 0 Å². The second-order valence-electron chi connectivity index (χ2n) is 7.73. The van der Waals surface area contributed by atoms with E-state index in [-0.39, 0.29) is 29.8 Å². The Kier molecular flexibility index (Phi) is 5.99. The van der Waals surface area contributed by atoms with Gasteiger partial charge in [-0.25, -0.2) is 15.4 Å². The Hall–Kier alpha value is -3.50. The van der Waals surface area contributed by atoms with E-state index in [1.165, 1.54) is 22.9 Å². The third kappa shape index (κ3) is 4.73. The van der Waals surface area contributed by atoms with Gasteiger partial charge in [0.1, 0.15) is 17.5 Å². The number of amides is 1. The van der Waals surface area contributed by atoms with Gasteiger partial charge in [-0.2, -0.15) is 0 Å². The summed E-state index contributed by atoms with van der Waals surface area (Å²) in [6.07, 6.45) is 3.05. The van der Waals surface area contributed by atoms with E-state index < -0.39 is 5.91 Å². The van der Waals surface area contributed by atoms with Crippen LogP contribution in [0.15, 0.2) is 41.5 Å². The van der Waals surface area contributed by atoms with E-state index in [1.54, 1.807) is 23.8 Å². The predicted molar refractivity (Wildman–Crippen MR) is 113 cm³/mol. The zero-order chi connectivity index (χ0) is 21.9. The van der Waals surface area contributed by atoms with Crippen molar-refractivity contribution in [1.29, 1.82) is 0 Å². The number of carbonyl (C=O) groups is 1. The lowest BCUT2D eigenvalue weighted by Crippen LogP contribution is -2.29. The summed E-state index contributed by atoms with van der Waals surface area (Å²) in [6.45, 7) is 5.90. The molecule has 0 aliphatic rings. The lowest BCUT2D eigenvalue weighted by molar-refractivity contribution is 0.0706. The van der Waals surface area contributed by atoms with Gasteiger partial charge in [-0.15, -0.1) is 0 Å². The topological polar surface area (TPSA) is 141 Å². The molecule has 3 aromatic rings. The number of rotatable bonds is 6. The maximum absolute atomic E-state index is 12.9. The van der Waals surface area contributed by atoms with Crippen LogP contribution in [0.1, 0.15) is 31.1 Å². The lowest BCUT2D eigenvalue weighted by Gasteiger charge is -2.23. The summed E-state index contributed by atoms with van der Waals surface area (Å²) in [5.41, 5.74) is 1.18. The first-order chi connectivity index (χ1) is 14.2. The Labute approximate surface area is 172 Å². The minimum Gasteiger partial charge on any atom is -0.395 e. The van der Waals surface area contributed by atoms with Crippen LogP contribution in [0.3, 0.4) is 0 Å². The van der Waals surface area contributed by atoms with E-state index in [0.29, 0.717) is 28.2 Å². The zero-order valence-corrected chi connectivity index (χ0v) is 16.9. The number of aliphatic hydroxyl groups is 1. The van der Waals surface area contributed by atoms with Crippen LogP contribution in [-0.2, 0) is 6.54 Å². The molecule has 30 heavy (non-hydrogen) atoms. The normalized spacial score (nSPS) is 11.4. The molecule has 0 spiro atoms.